The number of hydrogen-bond donors (Lipinski definition) is 2. The lowest BCUT2D eigenvalue weighted by atomic mass is 9.77. The Morgan fingerprint density at radius 3 is 2.00 bits per heavy atom. The van der Waals surface area contributed by atoms with Crippen LogP contribution in [0.4, 0.5) is 0 Å². The normalized spacial score (nSPS) is 17.5. The molecule has 1 atom stereocenters. The second kappa shape index (κ2) is 4.24. The van der Waals surface area contributed by atoms with Crippen LogP contribution >= 0.6 is 0 Å². The zero-order valence-corrected chi connectivity index (χ0v) is 8.98. The second-order valence-corrected chi connectivity index (χ2v) is 4.95. The Hall–Kier alpha value is -0.0800. The van der Waals surface area contributed by atoms with E-state index in [9.17, 15) is 0 Å². The van der Waals surface area contributed by atoms with Crippen molar-refractivity contribution in [2.75, 3.05) is 6.54 Å². The van der Waals surface area contributed by atoms with E-state index in [0.29, 0.717) is 12.0 Å². The van der Waals surface area contributed by atoms with Gasteiger partial charge in [-0.15, -0.1) is 0 Å². The van der Waals surface area contributed by atoms with Crippen molar-refractivity contribution in [3.05, 3.63) is 0 Å². The van der Waals surface area contributed by atoms with E-state index in [1.807, 2.05) is 6.92 Å². The van der Waals surface area contributed by atoms with Gasteiger partial charge in [0.2, 0.25) is 0 Å². The van der Waals surface area contributed by atoms with Gasteiger partial charge in [-0.3, -0.25) is 0 Å². The van der Waals surface area contributed by atoms with Crippen molar-refractivity contribution in [1.29, 1.82) is 0 Å². The van der Waals surface area contributed by atoms with Gasteiger partial charge in [0.1, 0.15) is 0 Å². The van der Waals surface area contributed by atoms with Crippen LogP contribution in [0, 0.1) is 5.41 Å². The van der Waals surface area contributed by atoms with Crippen LogP contribution in [0.3, 0.4) is 0 Å². The Kier molecular flexibility index (Phi) is 4.21. The summed E-state index contributed by atoms with van der Waals surface area (Å²) in [7, 11) is 0. The molecule has 0 radical (unpaired) electrons. The molecule has 1 unspecified atom stereocenters. The average molecular weight is 172 g/mol. The third kappa shape index (κ3) is 4.73. The molecule has 0 amide bonds. The fraction of sp³-hybridized carbons (Fsp3) is 1.00. The first-order valence-corrected chi connectivity index (χ1v) is 4.82. The minimum Gasteiger partial charge on any atom is -0.329 e. The highest BCUT2D eigenvalue weighted by molar-refractivity contribution is 4.86. The van der Waals surface area contributed by atoms with Gasteiger partial charge in [-0.2, -0.15) is 0 Å². The SMILES string of the molecule is CCCC(C)(C)CC(C)(N)CN. The monoisotopic (exact) mass is 172 g/mol. The number of hydrogen-bond acceptors (Lipinski definition) is 2. The van der Waals surface area contributed by atoms with E-state index >= 15 is 0 Å². The van der Waals surface area contributed by atoms with Crippen molar-refractivity contribution < 1.29 is 0 Å². The van der Waals surface area contributed by atoms with Crippen molar-refractivity contribution in [1.82, 2.24) is 0 Å². The highest BCUT2D eigenvalue weighted by atomic mass is 14.8. The Morgan fingerprint density at radius 1 is 1.17 bits per heavy atom. The molecule has 0 aliphatic heterocycles. The van der Waals surface area contributed by atoms with Gasteiger partial charge in [0.25, 0.3) is 0 Å². The van der Waals surface area contributed by atoms with E-state index in [-0.39, 0.29) is 5.54 Å². The zero-order chi connectivity index (χ0) is 9.83. The first kappa shape index (κ1) is 11.9. The summed E-state index contributed by atoms with van der Waals surface area (Å²) < 4.78 is 0. The van der Waals surface area contributed by atoms with Crippen LogP contribution in [0.1, 0.15) is 47.0 Å². The number of nitrogens with two attached hydrogens (primary N) is 2. The van der Waals surface area contributed by atoms with Gasteiger partial charge >= 0.3 is 0 Å². The van der Waals surface area contributed by atoms with Gasteiger partial charge < -0.3 is 11.5 Å². The summed E-state index contributed by atoms with van der Waals surface area (Å²) in [6.07, 6.45) is 3.44. The summed E-state index contributed by atoms with van der Waals surface area (Å²) in [5, 5.41) is 0. The van der Waals surface area contributed by atoms with E-state index in [1.165, 1.54) is 12.8 Å². The van der Waals surface area contributed by atoms with E-state index in [0.717, 1.165) is 6.42 Å². The molecule has 2 nitrogen and oxygen atoms in total. The van der Waals surface area contributed by atoms with Crippen LogP contribution in [0.5, 0.6) is 0 Å². The topological polar surface area (TPSA) is 52.0 Å². The molecule has 0 bridgehead atoms. The van der Waals surface area contributed by atoms with Crippen molar-refractivity contribution in [3.63, 3.8) is 0 Å². The minimum absolute atomic E-state index is 0.196. The lowest BCUT2D eigenvalue weighted by Crippen LogP contribution is -2.47. The first-order chi connectivity index (χ1) is 5.33. The van der Waals surface area contributed by atoms with Gasteiger partial charge in [-0.1, -0.05) is 27.2 Å². The van der Waals surface area contributed by atoms with Gasteiger partial charge in [-0.05, 0) is 25.2 Å². The van der Waals surface area contributed by atoms with Gasteiger partial charge in [-0.25, -0.2) is 0 Å². The van der Waals surface area contributed by atoms with Crippen LogP contribution in [0.25, 0.3) is 0 Å². The fourth-order valence-electron chi connectivity index (χ4n) is 1.93. The third-order valence-electron chi connectivity index (χ3n) is 2.28. The van der Waals surface area contributed by atoms with Gasteiger partial charge in [0, 0.05) is 12.1 Å². The Bertz CT molecular complexity index is 128. The molecule has 0 fully saturated rings. The van der Waals surface area contributed by atoms with Crippen molar-refractivity contribution in [2.45, 2.75) is 52.5 Å². The van der Waals surface area contributed by atoms with E-state index in [4.69, 9.17) is 11.5 Å². The summed E-state index contributed by atoms with van der Waals surface area (Å²) in [4.78, 5) is 0. The highest BCUT2D eigenvalue weighted by Crippen LogP contribution is 2.30. The summed E-state index contributed by atoms with van der Waals surface area (Å²) >= 11 is 0. The number of rotatable bonds is 5. The Balaban J connectivity index is 4.04. The smallest absolute Gasteiger partial charge is 0.0255 e. The van der Waals surface area contributed by atoms with Gasteiger partial charge in [0.05, 0.1) is 0 Å². The summed E-state index contributed by atoms with van der Waals surface area (Å²) in [5.74, 6) is 0. The maximum absolute atomic E-state index is 6.01. The Morgan fingerprint density at radius 2 is 1.67 bits per heavy atom. The van der Waals surface area contributed by atoms with E-state index in [2.05, 4.69) is 20.8 Å². The molecule has 0 aliphatic rings. The minimum atomic E-state index is -0.196. The van der Waals surface area contributed by atoms with Crippen LogP contribution < -0.4 is 11.5 Å². The molecule has 0 saturated carbocycles. The molecule has 2 heteroatoms. The molecule has 0 rings (SSSR count). The maximum atomic E-state index is 6.01. The molecule has 0 aromatic carbocycles. The summed E-state index contributed by atoms with van der Waals surface area (Å²) in [5.41, 5.74) is 11.7. The largest absolute Gasteiger partial charge is 0.329 e. The molecule has 12 heavy (non-hydrogen) atoms. The average Bonchev–Trinajstić information content (AvgIpc) is 1.85. The van der Waals surface area contributed by atoms with Crippen LogP contribution in [-0.2, 0) is 0 Å². The van der Waals surface area contributed by atoms with Crippen LogP contribution in [0.15, 0.2) is 0 Å². The molecule has 0 aromatic heterocycles. The molecule has 0 aliphatic carbocycles. The molecular weight excluding hydrogens is 148 g/mol. The lowest BCUT2D eigenvalue weighted by molar-refractivity contribution is 0.232. The quantitative estimate of drug-likeness (QED) is 0.665. The van der Waals surface area contributed by atoms with Crippen LogP contribution in [0.2, 0.25) is 0 Å². The van der Waals surface area contributed by atoms with Crippen molar-refractivity contribution >= 4 is 0 Å². The summed E-state index contributed by atoms with van der Waals surface area (Å²) in [6.45, 7) is 9.33. The molecule has 0 saturated heterocycles. The molecule has 0 aromatic rings. The van der Waals surface area contributed by atoms with E-state index < -0.39 is 0 Å². The Labute approximate surface area is 76.7 Å². The first-order valence-electron chi connectivity index (χ1n) is 4.82. The summed E-state index contributed by atoms with van der Waals surface area (Å²) in [6, 6.07) is 0. The van der Waals surface area contributed by atoms with Crippen LogP contribution in [-0.4, -0.2) is 12.1 Å². The highest BCUT2D eigenvalue weighted by Gasteiger charge is 2.27. The lowest BCUT2D eigenvalue weighted by Gasteiger charge is -2.33. The molecule has 0 heterocycles. The maximum Gasteiger partial charge on any atom is 0.0255 e. The molecule has 4 N–H and O–H groups in total. The van der Waals surface area contributed by atoms with Gasteiger partial charge in [0.15, 0.2) is 0 Å². The zero-order valence-electron chi connectivity index (χ0n) is 8.98. The molecular formula is C10H24N2. The molecule has 0 spiro atoms. The predicted octanol–water partition coefficient (Wildman–Crippen LogP) is 1.88. The second-order valence-electron chi connectivity index (χ2n) is 4.95. The van der Waals surface area contributed by atoms with E-state index in [1.54, 1.807) is 0 Å². The van der Waals surface area contributed by atoms with Crippen molar-refractivity contribution in [3.8, 4) is 0 Å². The van der Waals surface area contributed by atoms with Crippen molar-refractivity contribution in [2.24, 2.45) is 16.9 Å². The predicted molar refractivity (Wildman–Crippen MR) is 55.0 cm³/mol. The fourth-order valence-corrected chi connectivity index (χ4v) is 1.93. The standard InChI is InChI=1S/C10H24N2/c1-5-6-9(2,3)7-10(4,12)8-11/h5-8,11-12H2,1-4H3. The molecule has 74 valence electrons. The third-order valence-corrected chi connectivity index (χ3v) is 2.28.